The molecule has 0 saturated heterocycles. The molecule has 0 bridgehead atoms. The van der Waals surface area contributed by atoms with Crippen LogP contribution in [0.15, 0.2) is 65.7 Å². The van der Waals surface area contributed by atoms with Crippen molar-refractivity contribution in [2.45, 2.75) is 56.7 Å². The lowest BCUT2D eigenvalue weighted by Crippen LogP contribution is -2.38. The summed E-state index contributed by atoms with van der Waals surface area (Å²) >= 11 is 6.61. The van der Waals surface area contributed by atoms with Crippen molar-refractivity contribution in [1.82, 2.24) is 44.2 Å². The summed E-state index contributed by atoms with van der Waals surface area (Å²) in [6.45, 7) is -1.74. The molecule has 3 aromatic carbocycles. The highest BCUT2D eigenvalue weighted by atomic mass is 35.5. The van der Waals surface area contributed by atoms with Gasteiger partial charge in [-0.25, -0.2) is 39.7 Å². The molecular weight excluding hydrogens is 904 g/mol. The average molecular weight is 935 g/mol. The zero-order valence-electron chi connectivity index (χ0n) is 33.0. The highest BCUT2D eigenvalue weighted by molar-refractivity contribution is 7.92. The summed E-state index contributed by atoms with van der Waals surface area (Å²) in [5, 5.41) is 14.5. The van der Waals surface area contributed by atoms with E-state index in [0.717, 1.165) is 27.6 Å². The summed E-state index contributed by atoms with van der Waals surface area (Å²) in [5.74, 6) is -9.39. The van der Waals surface area contributed by atoms with Crippen LogP contribution < -0.4 is 15.6 Å². The fourth-order valence-corrected chi connectivity index (χ4v) is 9.25. The van der Waals surface area contributed by atoms with E-state index in [4.69, 9.17) is 16.6 Å². The van der Waals surface area contributed by atoms with Crippen molar-refractivity contribution in [3.8, 4) is 16.8 Å². The molecule has 4 heterocycles. The molecule has 2 aliphatic rings. The van der Waals surface area contributed by atoms with Crippen molar-refractivity contribution < 1.29 is 48.3 Å². The normalized spacial score (nSPS) is 17.1. The second-order valence-corrected chi connectivity index (χ2v) is 17.8. The van der Waals surface area contributed by atoms with Gasteiger partial charge in [0.2, 0.25) is 15.9 Å². The third kappa shape index (κ3) is 7.62. The molecule has 9 rings (SSSR count). The van der Waals surface area contributed by atoms with E-state index in [1.165, 1.54) is 54.5 Å². The minimum absolute atomic E-state index is 0.0113. The van der Waals surface area contributed by atoms with Gasteiger partial charge in [0.1, 0.15) is 41.9 Å². The first-order valence-electron chi connectivity index (χ1n) is 19.2. The Balaban J connectivity index is 1.25. The molecule has 2 aliphatic carbocycles. The highest BCUT2D eigenvalue weighted by Gasteiger charge is 2.67. The molecule has 2 N–H and O–H groups in total. The van der Waals surface area contributed by atoms with Gasteiger partial charge in [0.25, 0.3) is 24.3 Å². The Bertz CT molecular complexity index is 3220. The van der Waals surface area contributed by atoms with Crippen molar-refractivity contribution in [1.29, 1.82) is 0 Å². The molecule has 1 saturated carbocycles. The van der Waals surface area contributed by atoms with E-state index in [0.29, 0.717) is 21.9 Å². The van der Waals surface area contributed by atoms with Crippen LogP contribution in [0.4, 0.5) is 40.9 Å². The molecule has 4 aromatic heterocycles. The summed E-state index contributed by atoms with van der Waals surface area (Å²) in [6.07, 6.45) is -3.00. The van der Waals surface area contributed by atoms with Crippen LogP contribution >= 0.6 is 11.6 Å². The van der Waals surface area contributed by atoms with E-state index >= 15 is 8.78 Å². The Morgan fingerprint density at radius 2 is 1.75 bits per heavy atom. The Morgan fingerprint density at radius 3 is 2.44 bits per heavy atom. The van der Waals surface area contributed by atoms with E-state index in [-0.39, 0.29) is 61.7 Å². The van der Waals surface area contributed by atoms with E-state index in [1.54, 1.807) is 0 Å². The fourth-order valence-electron chi connectivity index (χ4n) is 8.51. The number of sulfonamides is 1. The van der Waals surface area contributed by atoms with Gasteiger partial charge in [-0.05, 0) is 59.9 Å². The number of nitrogens with zero attached hydrogens (tertiary/aromatic N) is 8. The summed E-state index contributed by atoms with van der Waals surface area (Å²) in [7, 11) is -2.53. The van der Waals surface area contributed by atoms with Crippen LogP contribution in [0.2, 0.25) is 5.02 Å². The molecule has 3 atom stereocenters. The number of hydrogen-bond acceptors (Lipinski definition) is 8. The van der Waals surface area contributed by atoms with Crippen LogP contribution in [0.5, 0.6) is 0 Å². The molecule has 0 spiro atoms. The van der Waals surface area contributed by atoms with Crippen molar-refractivity contribution in [3.05, 3.63) is 116 Å². The zero-order chi connectivity index (χ0) is 45.7. The second-order valence-electron chi connectivity index (χ2n) is 15.6. The van der Waals surface area contributed by atoms with Gasteiger partial charge in [0.05, 0.1) is 51.0 Å². The van der Waals surface area contributed by atoms with Crippen LogP contribution in [0.25, 0.3) is 38.6 Å². The number of nitrogens with one attached hydrogen (secondary N) is 2. The third-order valence-electron chi connectivity index (χ3n) is 11.1. The first kappa shape index (κ1) is 42.9. The zero-order valence-corrected chi connectivity index (χ0v) is 34.6. The van der Waals surface area contributed by atoms with Crippen molar-refractivity contribution in [3.63, 3.8) is 0 Å². The first-order valence-corrected chi connectivity index (χ1v) is 21.5. The smallest absolute Gasteiger partial charge is 0.293 e. The summed E-state index contributed by atoms with van der Waals surface area (Å²) in [6, 6.07) is 7.88. The number of carbonyl (C=O) groups excluding carboxylic acids is 1. The fraction of sp³-hybridized carbons (Fsp3) is 0.300. The second kappa shape index (κ2) is 15.4. The number of aryl methyl sites for hydroxylation is 1. The largest absolute Gasteiger partial charge is 0.344 e. The number of amides is 1. The number of anilines is 1. The third-order valence-corrected chi connectivity index (χ3v) is 12.0. The summed E-state index contributed by atoms with van der Waals surface area (Å²) in [4.78, 5) is 33.9. The SMILES string of the molecule is Cn1nc(NS(C)(=O)=O)c2c(Cl)ccc(-n3c([C@H](Cc4cc(F)cc(F)c4)NC(=O)Cn4nc(C(F)F)c5c4C(F)(F)[C@@H]4C[C@H]54)nc4cc(-c5cnn(CC(F)F)c5)ccc4c3=O)c21. The number of aromatic nitrogens is 8. The number of halogens is 9. The van der Waals surface area contributed by atoms with Gasteiger partial charge in [-0.2, -0.15) is 24.1 Å². The maximum absolute atomic E-state index is 15.5. The molecule has 7 aromatic rings. The number of carbonyl (C=O) groups is 1. The highest BCUT2D eigenvalue weighted by Crippen LogP contribution is 2.68. The first-order chi connectivity index (χ1) is 30.2. The molecule has 0 radical (unpaired) electrons. The van der Waals surface area contributed by atoms with Gasteiger partial charge in [0, 0.05) is 42.8 Å². The molecule has 0 aliphatic heterocycles. The van der Waals surface area contributed by atoms with Crippen molar-refractivity contribution in [2.24, 2.45) is 13.0 Å². The van der Waals surface area contributed by atoms with Crippen LogP contribution in [-0.2, 0) is 47.3 Å². The van der Waals surface area contributed by atoms with E-state index in [2.05, 4.69) is 25.3 Å². The van der Waals surface area contributed by atoms with Gasteiger partial charge in [-0.1, -0.05) is 17.7 Å². The predicted octanol–water partition coefficient (Wildman–Crippen LogP) is 7.15. The minimum atomic E-state index is -3.95. The summed E-state index contributed by atoms with van der Waals surface area (Å²) < 4.78 is 146. The Morgan fingerprint density at radius 1 is 1.02 bits per heavy atom. The molecular formula is C40H31ClF8N10O4S. The van der Waals surface area contributed by atoms with E-state index in [9.17, 15) is 44.3 Å². The Hall–Kier alpha value is -6.36. The number of fused-ring (bicyclic) bond motifs is 5. The van der Waals surface area contributed by atoms with E-state index < -0.39 is 101 Å². The Labute approximate surface area is 360 Å². The average Bonchev–Trinajstić information content (AvgIpc) is 3.41. The molecule has 24 heteroatoms. The van der Waals surface area contributed by atoms with Gasteiger partial charge in [-0.3, -0.25) is 32.9 Å². The number of hydrogen-bond donors (Lipinski definition) is 2. The lowest BCUT2D eigenvalue weighted by molar-refractivity contribution is -0.123. The van der Waals surface area contributed by atoms with Crippen LogP contribution in [0.1, 0.15) is 53.1 Å². The molecule has 1 amide bonds. The van der Waals surface area contributed by atoms with E-state index in [1.807, 2.05) is 0 Å². The van der Waals surface area contributed by atoms with Crippen molar-refractivity contribution >= 4 is 55.2 Å². The standard InChI is InChI=1S/C40H31ClF8N10O4S/c1-56-34-28(6-5-25(41)32(34)37(54-56)55-64(2,62)63)59-38(52-26-10-18(3-4-22(26)39(59)61)19-13-50-57(14-19)15-29(44)45)27(9-17-7-20(42)11-21(43)8-17)51-30(60)16-58-35-31(33(53-58)36(46)47)23-12-24(23)40(35,48)49/h3-8,10-11,13-14,23-24,27,29,36H,9,12,15-16H2,1-2H3,(H,51,60)(H,54,55)/t23-,24+,27-/m0/s1. The lowest BCUT2D eigenvalue weighted by Gasteiger charge is -2.24. The quantitative estimate of drug-likeness (QED) is 0.115. The summed E-state index contributed by atoms with van der Waals surface area (Å²) in [5.41, 5.74) is -2.27. The molecule has 1 fully saturated rings. The molecule has 334 valence electrons. The predicted molar refractivity (Wildman–Crippen MR) is 215 cm³/mol. The maximum atomic E-state index is 15.5. The van der Waals surface area contributed by atoms with Gasteiger partial charge in [0.15, 0.2) is 5.82 Å². The Kier molecular flexibility index (Phi) is 10.3. The van der Waals surface area contributed by atoms with Gasteiger partial charge in [-0.15, -0.1) is 0 Å². The van der Waals surface area contributed by atoms with Crippen LogP contribution in [-0.4, -0.2) is 65.9 Å². The van der Waals surface area contributed by atoms with Crippen molar-refractivity contribution in [2.75, 3.05) is 11.0 Å². The van der Waals surface area contributed by atoms with Gasteiger partial charge >= 0.3 is 0 Å². The minimum Gasteiger partial charge on any atom is -0.344 e. The number of alkyl halides is 6. The molecule has 0 unspecified atom stereocenters. The lowest BCUT2D eigenvalue weighted by atomic mass is 10.0. The molecule has 14 nitrogen and oxygen atoms in total. The number of rotatable bonds is 13. The molecule has 64 heavy (non-hydrogen) atoms. The topological polar surface area (TPSA) is 164 Å². The number of benzene rings is 3. The van der Waals surface area contributed by atoms with Crippen LogP contribution in [0, 0.1) is 17.6 Å². The van der Waals surface area contributed by atoms with Gasteiger partial charge < -0.3 is 5.32 Å². The van der Waals surface area contributed by atoms with Crippen LogP contribution in [0.3, 0.4) is 0 Å². The maximum Gasteiger partial charge on any atom is 0.293 e. The monoisotopic (exact) mass is 934 g/mol.